The monoisotopic (exact) mass is 419 g/mol. The first-order chi connectivity index (χ1) is 9.79. The van der Waals surface area contributed by atoms with Crippen LogP contribution in [-0.4, -0.2) is 12.5 Å². The molecule has 1 aromatic carbocycles. The third-order valence-corrected chi connectivity index (χ3v) is 3.48. The van der Waals surface area contributed by atoms with E-state index in [1.165, 1.54) is 11.6 Å². The summed E-state index contributed by atoms with van der Waals surface area (Å²) in [7, 11) is 0. The standard InChI is InChI=1S/C15H18FN3S.HI/c1-2-17-15(18-9-12-7-8-20-11-12)19-10-13-5-3-4-6-14(13)16;/h3-8,11H,2,9-10H2,1H3,(H2,17,18,19);1H. The summed E-state index contributed by atoms with van der Waals surface area (Å²) in [5, 5.41) is 10.4. The number of guanidine groups is 1. The van der Waals surface area contributed by atoms with Crippen molar-refractivity contribution < 1.29 is 4.39 Å². The number of halogens is 2. The van der Waals surface area contributed by atoms with Crippen molar-refractivity contribution in [2.45, 2.75) is 20.0 Å². The highest BCUT2D eigenvalue weighted by Crippen LogP contribution is 2.07. The molecule has 0 unspecified atom stereocenters. The van der Waals surface area contributed by atoms with Crippen LogP contribution in [0.15, 0.2) is 46.1 Å². The van der Waals surface area contributed by atoms with E-state index in [-0.39, 0.29) is 29.8 Å². The van der Waals surface area contributed by atoms with Crippen molar-refractivity contribution in [2.75, 3.05) is 6.54 Å². The van der Waals surface area contributed by atoms with Crippen molar-refractivity contribution in [3.8, 4) is 0 Å². The minimum absolute atomic E-state index is 0. The zero-order valence-electron chi connectivity index (χ0n) is 11.8. The van der Waals surface area contributed by atoms with Gasteiger partial charge in [-0.2, -0.15) is 11.3 Å². The van der Waals surface area contributed by atoms with Crippen molar-refractivity contribution >= 4 is 41.3 Å². The summed E-state index contributed by atoms with van der Waals surface area (Å²) >= 11 is 1.66. The number of hydrogen-bond donors (Lipinski definition) is 2. The van der Waals surface area contributed by atoms with Gasteiger partial charge in [-0.05, 0) is 35.4 Å². The molecule has 0 aliphatic carbocycles. The fourth-order valence-electron chi connectivity index (χ4n) is 1.72. The summed E-state index contributed by atoms with van der Waals surface area (Å²) in [6, 6.07) is 8.80. The van der Waals surface area contributed by atoms with Crippen molar-refractivity contribution in [1.29, 1.82) is 0 Å². The molecule has 1 aromatic heterocycles. The highest BCUT2D eigenvalue weighted by atomic mass is 127. The number of rotatable bonds is 5. The van der Waals surface area contributed by atoms with E-state index in [1.54, 1.807) is 23.5 Å². The molecule has 21 heavy (non-hydrogen) atoms. The number of aliphatic imine (C=N–C) groups is 1. The number of nitrogens with zero attached hydrogens (tertiary/aromatic N) is 1. The normalized spacial score (nSPS) is 10.9. The molecule has 0 aliphatic heterocycles. The Balaban J connectivity index is 0.00000220. The fraction of sp³-hybridized carbons (Fsp3) is 0.267. The number of thiophene rings is 1. The van der Waals surface area contributed by atoms with Gasteiger partial charge in [-0.25, -0.2) is 9.38 Å². The summed E-state index contributed by atoms with van der Waals surface area (Å²) in [5.74, 6) is 0.496. The number of hydrogen-bond acceptors (Lipinski definition) is 2. The number of benzene rings is 1. The Labute approximate surface area is 145 Å². The van der Waals surface area contributed by atoms with Crippen LogP contribution in [0.3, 0.4) is 0 Å². The molecule has 114 valence electrons. The maximum absolute atomic E-state index is 13.5. The molecule has 6 heteroatoms. The van der Waals surface area contributed by atoms with Gasteiger partial charge in [0.25, 0.3) is 0 Å². The van der Waals surface area contributed by atoms with Crippen LogP contribution in [0, 0.1) is 5.82 Å². The largest absolute Gasteiger partial charge is 0.357 e. The Morgan fingerprint density at radius 3 is 2.71 bits per heavy atom. The van der Waals surface area contributed by atoms with Crippen LogP contribution in [-0.2, 0) is 13.1 Å². The van der Waals surface area contributed by atoms with Gasteiger partial charge in [0.15, 0.2) is 5.96 Å². The lowest BCUT2D eigenvalue weighted by molar-refractivity contribution is 0.604. The van der Waals surface area contributed by atoms with Crippen LogP contribution in [0.25, 0.3) is 0 Å². The zero-order valence-corrected chi connectivity index (χ0v) is 15.0. The van der Waals surface area contributed by atoms with Gasteiger partial charge in [0.05, 0.1) is 6.54 Å². The average Bonchev–Trinajstić information content (AvgIpc) is 2.97. The minimum atomic E-state index is -0.200. The first-order valence-electron chi connectivity index (χ1n) is 6.56. The Kier molecular flexibility index (Phi) is 8.29. The summed E-state index contributed by atoms with van der Waals surface area (Å²) in [4.78, 5) is 4.48. The lowest BCUT2D eigenvalue weighted by Crippen LogP contribution is -2.37. The predicted molar refractivity (Wildman–Crippen MR) is 97.8 cm³/mol. The second-order valence-corrected chi connectivity index (χ2v) is 5.05. The van der Waals surface area contributed by atoms with Crippen molar-refractivity contribution in [3.05, 3.63) is 58.0 Å². The molecule has 2 rings (SSSR count). The summed E-state index contributed by atoms with van der Waals surface area (Å²) < 4.78 is 13.5. The minimum Gasteiger partial charge on any atom is -0.357 e. The lowest BCUT2D eigenvalue weighted by Gasteiger charge is -2.11. The lowest BCUT2D eigenvalue weighted by atomic mass is 10.2. The van der Waals surface area contributed by atoms with E-state index in [2.05, 4.69) is 27.1 Å². The molecule has 0 aliphatic rings. The second-order valence-electron chi connectivity index (χ2n) is 4.27. The highest BCUT2D eigenvalue weighted by molar-refractivity contribution is 14.0. The third-order valence-electron chi connectivity index (χ3n) is 2.75. The first-order valence-corrected chi connectivity index (χ1v) is 7.50. The van der Waals surface area contributed by atoms with E-state index in [4.69, 9.17) is 0 Å². The SMILES string of the molecule is CCNC(=NCc1ccsc1)NCc1ccccc1F.I. The van der Waals surface area contributed by atoms with Crippen LogP contribution in [0.4, 0.5) is 4.39 Å². The molecular formula is C15H19FIN3S. The first kappa shape index (κ1) is 17.9. The van der Waals surface area contributed by atoms with Gasteiger partial charge in [-0.1, -0.05) is 18.2 Å². The van der Waals surface area contributed by atoms with Crippen LogP contribution in [0.1, 0.15) is 18.1 Å². The highest BCUT2D eigenvalue weighted by Gasteiger charge is 2.02. The maximum atomic E-state index is 13.5. The van der Waals surface area contributed by atoms with E-state index in [0.717, 1.165) is 6.54 Å². The smallest absolute Gasteiger partial charge is 0.191 e. The molecule has 1 heterocycles. The Morgan fingerprint density at radius 2 is 2.05 bits per heavy atom. The third kappa shape index (κ3) is 6.01. The van der Waals surface area contributed by atoms with E-state index >= 15 is 0 Å². The maximum Gasteiger partial charge on any atom is 0.191 e. The molecule has 0 bridgehead atoms. The molecule has 0 saturated carbocycles. The summed E-state index contributed by atoms with van der Waals surface area (Å²) in [6.07, 6.45) is 0. The molecule has 2 N–H and O–H groups in total. The van der Waals surface area contributed by atoms with Gasteiger partial charge in [0.1, 0.15) is 5.82 Å². The Bertz CT molecular complexity index is 558. The summed E-state index contributed by atoms with van der Waals surface area (Å²) in [5.41, 5.74) is 1.81. The Hall–Kier alpha value is -1.15. The zero-order chi connectivity index (χ0) is 14.2. The average molecular weight is 419 g/mol. The second kappa shape index (κ2) is 9.73. The van der Waals surface area contributed by atoms with Crippen molar-refractivity contribution in [3.63, 3.8) is 0 Å². The molecule has 0 spiro atoms. The van der Waals surface area contributed by atoms with Crippen LogP contribution in [0.2, 0.25) is 0 Å². The molecular weight excluding hydrogens is 400 g/mol. The summed E-state index contributed by atoms with van der Waals surface area (Å²) in [6.45, 7) is 3.82. The van der Waals surface area contributed by atoms with Crippen molar-refractivity contribution in [2.24, 2.45) is 4.99 Å². The topological polar surface area (TPSA) is 36.4 Å². The van der Waals surface area contributed by atoms with Crippen LogP contribution >= 0.6 is 35.3 Å². The fourth-order valence-corrected chi connectivity index (χ4v) is 2.38. The van der Waals surface area contributed by atoms with Gasteiger partial charge >= 0.3 is 0 Å². The van der Waals surface area contributed by atoms with Gasteiger partial charge in [0.2, 0.25) is 0 Å². The van der Waals surface area contributed by atoms with Gasteiger partial charge < -0.3 is 10.6 Å². The molecule has 3 nitrogen and oxygen atoms in total. The molecule has 0 radical (unpaired) electrons. The van der Waals surface area contributed by atoms with E-state index in [1.807, 2.05) is 18.4 Å². The molecule has 2 aromatic rings. The molecule has 0 fully saturated rings. The van der Waals surface area contributed by atoms with E-state index in [0.29, 0.717) is 24.6 Å². The quantitative estimate of drug-likeness (QED) is 0.440. The molecule has 0 amide bonds. The molecule has 0 saturated heterocycles. The van der Waals surface area contributed by atoms with E-state index < -0.39 is 0 Å². The van der Waals surface area contributed by atoms with Crippen molar-refractivity contribution in [1.82, 2.24) is 10.6 Å². The Morgan fingerprint density at radius 1 is 1.24 bits per heavy atom. The van der Waals surface area contributed by atoms with Crippen LogP contribution in [0.5, 0.6) is 0 Å². The van der Waals surface area contributed by atoms with E-state index in [9.17, 15) is 4.39 Å². The van der Waals surface area contributed by atoms with Gasteiger partial charge in [-0.3, -0.25) is 0 Å². The molecule has 0 atom stereocenters. The van der Waals surface area contributed by atoms with Gasteiger partial charge in [0, 0.05) is 18.7 Å². The van der Waals surface area contributed by atoms with Crippen LogP contribution < -0.4 is 10.6 Å². The van der Waals surface area contributed by atoms with Gasteiger partial charge in [-0.15, -0.1) is 24.0 Å². The predicted octanol–water partition coefficient (Wildman–Crippen LogP) is 3.76. The number of nitrogens with one attached hydrogen (secondary N) is 2.